The summed E-state index contributed by atoms with van der Waals surface area (Å²) in [5.74, 6) is 0.611. The lowest BCUT2D eigenvalue weighted by atomic mass is 10.1. The van der Waals surface area contributed by atoms with Crippen molar-refractivity contribution >= 4 is 23.4 Å². The largest absolute Gasteiger partial charge is 0.495 e. The van der Waals surface area contributed by atoms with Gasteiger partial charge in [0, 0.05) is 31.5 Å². The molecule has 9 nitrogen and oxygen atoms in total. The zero-order valence-electron chi connectivity index (χ0n) is 16.6. The molecule has 1 aromatic carbocycles. The van der Waals surface area contributed by atoms with E-state index in [4.69, 9.17) is 4.74 Å². The summed E-state index contributed by atoms with van der Waals surface area (Å²) in [7, 11) is 7.25. The summed E-state index contributed by atoms with van der Waals surface area (Å²) in [4.78, 5) is 36.3. The molecule has 2 rings (SSSR count). The van der Waals surface area contributed by atoms with Gasteiger partial charge in [-0.05, 0) is 45.3 Å². The molecule has 0 fully saturated rings. The lowest BCUT2D eigenvalue weighted by Gasteiger charge is -2.19. The molecule has 2 N–H and O–H groups in total. The smallest absolute Gasteiger partial charge is 0.324 e. The second-order valence-corrected chi connectivity index (χ2v) is 6.47. The van der Waals surface area contributed by atoms with Crippen LogP contribution in [0.5, 0.6) is 5.75 Å². The van der Waals surface area contributed by atoms with Crippen molar-refractivity contribution in [2.75, 3.05) is 52.0 Å². The minimum absolute atomic E-state index is 0.104. The molecule has 0 saturated heterocycles. The van der Waals surface area contributed by atoms with Crippen LogP contribution >= 0.6 is 0 Å². The van der Waals surface area contributed by atoms with E-state index in [-0.39, 0.29) is 5.91 Å². The summed E-state index contributed by atoms with van der Waals surface area (Å²) in [6.45, 7) is 1.56. The number of nitrogens with zero attached hydrogens (tertiary/aromatic N) is 4. The Bertz CT molecular complexity index is 798. The SMILES string of the molecule is COc1cc(C(=O)N(C)CCCN(C)C)ccc1NC(=O)Nc1cnccn1. The predicted molar refractivity (Wildman–Crippen MR) is 108 cm³/mol. The third kappa shape index (κ3) is 6.20. The predicted octanol–water partition coefficient (Wildman–Crippen LogP) is 2.15. The van der Waals surface area contributed by atoms with E-state index in [0.29, 0.717) is 29.4 Å². The van der Waals surface area contributed by atoms with Crippen molar-refractivity contribution in [3.05, 3.63) is 42.4 Å². The van der Waals surface area contributed by atoms with Gasteiger partial charge in [-0.1, -0.05) is 0 Å². The molecule has 0 saturated carbocycles. The molecule has 0 aliphatic carbocycles. The monoisotopic (exact) mass is 386 g/mol. The molecule has 1 heterocycles. The lowest BCUT2D eigenvalue weighted by molar-refractivity contribution is 0.0790. The van der Waals surface area contributed by atoms with Gasteiger partial charge in [0.2, 0.25) is 0 Å². The molecule has 1 aromatic heterocycles. The fourth-order valence-electron chi connectivity index (χ4n) is 2.51. The average Bonchev–Trinajstić information content (AvgIpc) is 2.68. The van der Waals surface area contributed by atoms with E-state index in [9.17, 15) is 9.59 Å². The van der Waals surface area contributed by atoms with Crippen LogP contribution in [0, 0.1) is 0 Å². The van der Waals surface area contributed by atoms with Crippen LogP contribution in [0.2, 0.25) is 0 Å². The first-order valence-corrected chi connectivity index (χ1v) is 8.83. The van der Waals surface area contributed by atoms with Crippen molar-refractivity contribution in [2.24, 2.45) is 0 Å². The van der Waals surface area contributed by atoms with Crippen LogP contribution in [-0.4, -0.2) is 73.0 Å². The highest BCUT2D eigenvalue weighted by Crippen LogP contribution is 2.26. The minimum Gasteiger partial charge on any atom is -0.495 e. The van der Waals surface area contributed by atoms with Crippen molar-refractivity contribution in [1.82, 2.24) is 19.8 Å². The molecular weight excluding hydrogens is 360 g/mol. The van der Waals surface area contributed by atoms with Gasteiger partial charge in [0.15, 0.2) is 5.82 Å². The van der Waals surface area contributed by atoms with Crippen molar-refractivity contribution in [3.63, 3.8) is 0 Å². The van der Waals surface area contributed by atoms with E-state index >= 15 is 0 Å². The van der Waals surface area contributed by atoms with Crippen molar-refractivity contribution in [3.8, 4) is 5.75 Å². The Labute approximate surface area is 164 Å². The summed E-state index contributed by atoms with van der Waals surface area (Å²) in [5.41, 5.74) is 0.930. The fraction of sp³-hybridized carbons (Fsp3) is 0.368. The van der Waals surface area contributed by atoms with Crippen LogP contribution in [0.1, 0.15) is 16.8 Å². The van der Waals surface area contributed by atoms with Gasteiger partial charge in [0.1, 0.15) is 5.75 Å². The van der Waals surface area contributed by atoms with Gasteiger partial charge in [-0.2, -0.15) is 0 Å². The molecule has 0 aliphatic rings. The number of nitrogens with one attached hydrogen (secondary N) is 2. The third-order valence-corrected chi connectivity index (χ3v) is 3.95. The number of amides is 3. The zero-order valence-corrected chi connectivity index (χ0v) is 16.6. The first-order chi connectivity index (χ1) is 13.4. The highest BCUT2D eigenvalue weighted by atomic mass is 16.5. The number of anilines is 2. The number of hydrogen-bond acceptors (Lipinski definition) is 6. The topological polar surface area (TPSA) is 99.7 Å². The van der Waals surface area contributed by atoms with Gasteiger partial charge in [-0.25, -0.2) is 9.78 Å². The van der Waals surface area contributed by atoms with Crippen LogP contribution in [-0.2, 0) is 0 Å². The molecule has 28 heavy (non-hydrogen) atoms. The van der Waals surface area contributed by atoms with Gasteiger partial charge in [-0.3, -0.25) is 15.1 Å². The number of methoxy groups -OCH3 is 1. The Kier molecular flexibility index (Phi) is 7.70. The Morgan fingerprint density at radius 2 is 1.89 bits per heavy atom. The number of aromatic nitrogens is 2. The van der Waals surface area contributed by atoms with E-state index in [1.807, 2.05) is 14.1 Å². The zero-order chi connectivity index (χ0) is 20.5. The van der Waals surface area contributed by atoms with Crippen LogP contribution in [0.15, 0.2) is 36.8 Å². The van der Waals surface area contributed by atoms with E-state index in [0.717, 1.165) is 13.0 Å². The number of ether oxygens (including phenoxy) is 1. The van der Waals surface area contributed by atoms with E-state index in [2.05, 4.69) is 25.5 Å². The quantitative estimate of drug-likeness (QED) is 0.721. The van der Waals surface area contributed by atoms with E-state index in [1.54, 1.807) is 30.1 Å². The second-order valence-electron chi connectivity index (χ2n) is 6.47. The number of carbonyl (C=O) groups is 2. The van der Waals surface area contributed by atoms with Crippen LogP contribution < -0.4 is 15.4 Å². The molecule has 150 valence electrons. The summed E-state index contributed by atoms with van der Waals surface area (Å²) in [6.07, 6.45) is 5.31. The van der Waals surface area contributed by atoms with Crippen LogP contribution in [0.3, 0.4) is 0 Å². The van der Waals surface area contributed by atoms with Gasteiger partial charge in [0.05, 0.1) is 19.0 Å². The molecule has 2 aromatic rings. The highest BCUT2D eigenvalue weighted by molar-refractivity contribution is 6.01. The van der Waals surface area contributed by atoms with Crippen molar-refractivity contribution in [2.45, 2.75) is 6.42 Å². The molecule has 0 atom stereocenters. The molecule has 0 bridgehead atoms. The second kappa shape index (κ2) is 10.2. The van der Waals surface area contributed by atoms with Crippen molar-refractivity contribution < 1.29 is 14.3 Å². The van der Waals surface area contributed by atoms with E-state index < -0.39 is 6.03 Å². The lowest BCUT2D eigenvalue weighted by Crippen LogP contribution is -2.29. The van der Waals surface area contributed by atoms with Crippen LogP contribution in [0.4, 0.5) is 16.3 Å². The van der Waals surface area contributed by atoms with Gasteiger partial charge < -0.3 is 19.9 Å². The molecule has 3 amide bonds. The summed E-state index contributed by atoms with van der Waals surface area (Å²) < 4.78 is 5.33. The third-order valence-electron chi connectivity index (χ3n) is 3.95. The Balaban J connectivity index is 2.02. The first kappa shape index (κ1) is 21.1. The summed E-state index contributed by atoms with van der Waals surface area (Å²) >= 11 is 0. The Hall–Kier alpha value is -3.20. The molecule has 0 radical (unpaired) electrons. The molecule has 0 unspecified atom stereocenters. The Morgan fingerprint density at radius 3 is 2.54 bits per heavy atom. The number of carbonyl (C=O) groups excluding carboxylic acids is 2. The number of benzene rings is 1. The van der Waals surface area contributed by atoms with Gasteiger partial charge >= 0.3 is 6.03 Å². The van der Waals surface area contributed by atoms with Crippen LogP contribution in [0.25, 0.3) is 0 Å². The number of hydrogen-bond donors (Lipinski definition) is 2. The summed E-state index contributed by atoms with van der Waals surface area (Å²) in [6, 6.07) is 4.42. The Morgan fingerprint density at radius 1 is 1.11 bits per heavy atom. The average molecular weight is 386 g/mol. The minimum atomic E-state index is -0.487. The molecule has 0 spiro atoms. The van der Waals surface area contributed by atoms with Crippen molar-refractivity contribution in [1.29, 1.82) is 0 Å². The fourth-order valence-corrected chi connectivity index (χ4v) is 2.51. The molecular formula is C19H26N6O3. The van der Waals surface area contributed by atoms with E-state index in [1.165, 1.54) is 25.7 Å². The molecule has 9 heteroatoms. The maximum Gasteiger partial charge on any atom is 0.324 e. The number of urea groups is 1. The summed E-state index contributed by atoms with van der Waals surface area (Å²) in [5, 5.41) is 5.25. The van der Waals surface area contributed by atoms with Gasteiger partial charge in [0.25, 0.3) is 5.91 Å². The van der Waals surface area contributed by atoms with Gasteiger partial charge in [-0.15, -0.1) is 0 Å². The molecule has 0 aliphatic heterocycles. The normalized spacial score (nSPS) is 10.5. The maximum atomic E-state index is 12.6. The number of rotatable bonds is 8. The standard InChI is InChI=1S/C19H26N6O3/c1-24(2)10-5-11-25(3)18(26)14-6-7-15(16(12-14)28-4)22-19(27)23-17-13-20-8-9-21-17/h6-9,12-13H,5,10-11H2,1-4H3,(H2,21,22,23,27). The first-order valence-electron chi connectivity index (χ1n) is 8.83. The maximum absolute atomic E-state index is 12.6. The highest BCUT2D eigenvalue weighted by Gasteiger charge is 2.15.